The number of guanidine groups is 1. The van der Waals surface area contributed by atoms with Gasteiger partial charge >= 0.3 is 0 Å². The van der Waals surface area contributed by atoms with Crippen molar-refractivity contribution in [3.8, 4) is 0 Å². The van der Waals surface area contributed by atoms with Gasteiger partial charge in [0.1, 0.15) is 6.54 Å². The van der Waals surface area contributed by atoms with Gasteiger partial charge in [0.05, 0.1) is 5.69 Å². The predicted octanol–water partition coefficient (Wildman–Crippen LogP) is 2.51. The smallest absolute Gasteiger partial charge is 0.191 e. The molecule has 0 spiro atoms. The molecule has 1 aromatic rings. The first-order valence-corrected chi connectivity index (χ1v) is 7.00. The molecule has 2 N–H and O–H groups in total. The van der Waals surface area contributed by atoms with Crippen molar-refractivity contribution in [3.05, 3.63) is 17.5 Å². The second kappa shape index (κ2) is 7.81. The summed E-state index contributed by atoms with van der Waals surface area (Å²) in [6.45, 7) is 12.8. The van der Waals surface area contributed by atoms with Crippen molar-refractivity contribution in [2.45, 2.75) is 47.1 Å². The maximum Gasteiger partial charge on any atom is 0.191 e. The average molecular weight is 266 g/mol. The van der Waals surface area contributed by atoms with E-state index in [0.717, 1.165) is 30.5 Å². The molecule has 19 heavy (non-hydrogen) atoms. The highest BCUT2D eigenvalue weighted by atomic mass is 16.5. The third-order valence-electron chi connectivity index (χ3n) is 2.58. The van der Waals surface area contributed by atoms with Gasteiger partial charge in [-0.2, -0.15) is 0 Å². The van der Waals surface area contributed by atoms with E-state index in [2.05, 4.69) is 55.4 Å². The summed E-state index contributed by atoms with van der Waals surface area (Å²) in [6.07, 6.45) is 0. The lowest BCUT2D eigenvalue weighted by atomic mass is 10.1. The minimum atomic E-state index is 0.383. The van der Waals surface area contributed by atoms with Gasteiger partial charge in [-0.15, -0.1) is 0 Å². The van der Waals surface area contributed by atoms with Gasteiger partial charge < -0.3 is 15.2 Å². The lowest BCUT2D eigenvalue weighted by Crippen LogP contribution is -2.39. The maximum atomic E-state index is 5.27. The van der Waals surface area contributed by atoms with Gasteiger partial charge in [0.2, 0.25) is 0 Å². The summed E-state index contributed by atoms with van der Waals surface area (Å²) < 4.78 is 5.27. The number of hydrogen-bond donors (Lipinski definition) is 2. The van der Waals surface area contributed by atoms with Gasteiger partial charge in [-0.25, -0.2) is 4.99 Å². The summed E-state index contributed by atoms with van der Waals surface area (Å²) >= 11 is 0. The van der Waals surface area contributed by atoms with Crippen LogP contribution in [0.1, 0.15) is 52.0 Å². The number of aliphatic imine (C=N–C) groups is 1. The Balaban J connectivity index is 2.57. The monoisotopic (exact) mass is 266 g/mol. The van der Waals surface area contributed by atoms with E-state index < -0.39 is 0 Å². The molecule has 1 heterocycles. The summed E-state index contributed by atoms with van der Waals surface area (Å²) in [7, 11) is 0. The fraction of sp³-hybridized carbons (Fsp3) is 0.714. The van der Waals surface area contributed by atoms with Crippen molar-refractivity contribution in [3.63, 3.8) is 0 Å². The zero-order chi connectivity index (χ0) is 14.3. The third-order valence-corrected chi connectivity index (χ3v) is 2.58. The fourth-order valence-corrected chi connectivity index (χ4v) is 1.48. The molecule has 0 aliphatic heterocycles. The molecule has 0 saturated heterocycles. The minimum absolute atomic E-state index is 0.383. The Kier molecular flexibility index (Phi) is 6.39. The SMILES string of the molecule is CCNC(=NCc1cc(C(C)C)no1)NCC(C)C. The van der Waals surface area contributed by atoms with Crippen LogP contribution in [0, 0.1) is 5.92 Å². The predicted molar refractivity (Wildman–Crippen MR) is 78.2 cm³/mol. The zero-order valence-electron chi connectivity index (χ0n) is 12.7. The highest BCUT2D eigenvalue weighted by Crippen LogP contribution is 2.14. The van der Waals surface area contributed by atoms with Crippen molar-refractivity contribution >= 4 is 5.96 Å². The van der Waals surface area contributed by atoms with Crippen LogP contribution in [0.4, 0.5) is 0 Å². The van der Waals surface area contributed by atoms with Crippen LogP contribution in [0.3, 0.4) is 0 Å². The molecule has 0 amide bonds. The highest BCUT2D eigenvalue weighted by Gasteiger charge is 2.07. The normalized spacial score (nSPS) is 12.3. The molecule has 5 nitrogen and oxygen atoms in total. The molecule has 0 radical (unpaired) electrons. The lowest BCUT2D eigenvalue weighted by Gasteiger charge is -2.12. The van der Waals surface area contributed by atoms with Crippen molar-refractivity contribution < 1.29 is 4.52 Å². The van der Waals surface area contributed by atoms with E-state index in [1.54, 1.807) is 0 Å². The van der Waals surface area contributed by atoms with Crippen molar-refractivity contribution in [1.82, 2.24) is 15.8 Å². The Bertz CT molecular complexity index is 396. The number of nitrogens with one attached hydrogen (secondary N) is 2. The molecule has 5 heteroatoms. The van der Waals surface area contributed by atoms with Gasteiger partial charge in [-0.1, -0.05) is 32.9 Å². The minimum Gasteiger partial charge on any atom is -0.359 e. The van der Waals surface area contributed by atoms with Crippen molar-refractivity contribution in [2.24, 2.45) is 10.9 Å². The van der Waals surface area contributed by atoms with Gasteiger partial charge in [0.25, 0.3) is 0 Å². The lowest BCUT2D eigenvalue weighted by molar-refractivity contribution is 0.376. The van der Waals surface area contributed by atoms with Crippen LogP contribution in [0.2, 0.25) is 0 Å². The molecule has 108 valence electrons. The Morgan fingerprint density at radius 1 is 1.32 bits per heavy atom. The van der Waals surface area contributed by atoms with Gasteiger partial charge in [-0.3, -0.25) is 0 Å². The van der Waals surface area contributed by atoms with Crippen molar-refractivity contribution in [1.29, 1.82) is 0 Å². The first-order valence-electron chi connectivity index (χ1n) is 7.00. The molecule has 0 aliphatic carbocycles. The summed E-state index contributed by atoms with van der Waals surface area (Å²) in [5.74, 6) is 2.58. The van der Waals surface area contributed by atoms with Crippen LogP contribution < -0.4 is 10.6 Å². The van der Waals surface area contributed by atoms with Gasteiger partial charge in [0.15, 0.2) is 11.7 Å². The molecular weight excluding hydrogens is 240 g/mol. The van der Waals surface area contributed by atoms with E-state index in [1.165, 1.54) is 0 Å². The van der Waals surface area contributed by atoms with Crippen LogP contribution in [0.25, 0.3) is 0 Å². The molecule has 0 aromatic carbocycles. The summed E-state index contributed by atoms with van der Waals surface area (Å²) in [5, 5.41) is 10.5. The molecule has 1 aromatic heterocycles. The first-order chi connectivity index (χ1) is 9.02. The largest absolute Gasteiger partial charge is 0.359 e. The fourth-order valence-electron chi connectivity index (χ4n) is 1.48. The molecule has 0 fully saturated rings. The van der Waals surface area contributed by atoms with Crippen LogP contribution in [0.15, 0.2) is 15.6 Å². The number of nitrogens with zero attached hydrogens (tertiary/aromatic N) is 2. The number of rotatable bonds is 6. The Morgan fingerprint density at radius 3 is 2.58 bits per heavy atom. The quantitative estimate of drug-likeness (QED) is 0.613. The summed E-state index contributed by atoms with van der Waals surface area (Å²) in [6, 6.07) is 1.97. The van der Waals surface area contributed by atoms with E-state index in [1.807, 2.05) is 6.07 Å². The number of hydrogen-bond acceptors (Lipinski definition) is 3. The standard InChI is InChI=1S/C14H26N4O/c1-6-15-14(16-8-10(2)3)17-9-12-7-13(11(4)5)18-19-12/h7,10-11H,6,8-9H2,1-5H3,(H2,15,16,17). The van der Waals surface area contributed by atoms with E-state index in [-0.39, 0.29) is 0 Å². The molecule has 1 rings (SSSR count). The highest BCUT2D eigenvalue weighted by molar-refractivity contribution is 5.79. The van der Waals surface area contributed by atoms with Crippen LogP contribution in [0.5, 0.6) is 0 Å². The van der Waals surface area contributed by atoms with Gasteiger partial charge in [-0.05, 0) is 18.8 Å². The molecule has 0 unspecified atom stereocenters. The van der Waals surface area contributed by atoms with Crippen LogP contribution in [-0.4, -0.2) is 24.2 Å². The second-order valence-electron chi connectivity index (χ2n) is 5.34. The van der Waals surface area contributed by atoms with E-state index in [0.29, 0.717) is 18.4 Å². The molecule has 0 aliphatic rings. The second-order valence-corrected chi connectivity index (χ2v) is 5.34. The Morgan fingerprint density at radius 2 is 2.05 bits per heavy atom. The zero-order valence-corrected chi connectivity index (χ0v) is 12.7. The van der Waals surface area contributed by atoms with E-state index in [9.17, 15) is 0 Å². The summed E-state index contributed by atoms with van der Waals surface area (Å²) in [5.41, 5.74) is 0.977. The Labute approximate surface area is 115 Å². The maximum absolute atomic E-state index is 5.27. The van der Waals surface area contributed by atoms with Crippen LogP contribution in [-0.2, 0) is 6.54 Å². The number of aromatic nitrogens is 1. The Hall–Kier alpha value is -1.52. The topological polar surface area (TPSA) is 62.5 Å². The molecule has 0 saturated carbocycles. The average Bonchev–Trinajstić information content (AvgIpc) is 2.81. The summed E-state index contributed by atoms with van der Waals surface area (Å²) in [4.78, 5) is 4.49. The van der Waals surface area contributed by atoms with Crippen molar-refractivity contribution in [2.75, 3.05) is 13.1 Å². The third kappa shape index (κ3) is 5.77. The van der Waals surface area contributed by atoms with E-state index in [4.69, 9.17) is 4.52 Å². The molecule has 0 atom stereocenters. The first kappa shape index (κ1) is 15.5. The molecule has 0 bridgehead atoms. The van der Waals surface area contributed by atoms with Crippen LogP contribution >= 0.6 is 0 Å². The molecular formula is C14H26N4O. The van der Waals surface area contributed by atoms with Gasteiger partial charge in [0, 0.05) is 19.2 Å². The van der Waals surface area contributed by atoms with E-state index >= 15 is 0 Å².